The summed E-state index contributed by atoms with van der Waals surface area (Å²) in [5.74, 6) is -4.13. The summed E-state index contributed by atoms with van der Waals surface area (Å²) in [6.45, 7) is 0. The molecule has 94 valence electrons. The van der Waals surface area contributed by atoms with E-state index in [1.54, 1.807) is 0 Å². The average molecular weight is 259 g/mol. The van der Waals surface area contributed by atoms with Crippen molar-refractivity contribution < 1.29 is 51.1 Å². The van der Waals surface area contributed by atoms with Crippen LogP contribution in [0.1, 0.15) is 11.6 Å². The van der Waals surface area contributed by atoms with Crippen LogP contribution in [-0.4, -0.2) is 12.3 Å². The molecule has 0 bridgehead atoms. The summed E-state index contributed by atoms with van der Waals surface area (Å²) in [4.78, 5) is 10.4. The van der Waals surface area contributed by atoms with E-state index < -0.39 is 29.9 Å². The molecular formula is C9H6F4LiNO3. The first-order chi connectivity index (χ1) is 7.70. The Labute approximate surface area is 111 Å². The summed E-state index contributed by atoms with van der Waals surface area (Å²) in [7, 11) is 0. The van der Waals surface area contributed by atoms with Gasteiger partial charge in [-0.15, -0.1) is 13.2 Å². The topological polar surface area (TPSA) is 75.4 Å². The maximum Gasteiger partial charge on any atom is 1.00 e. The number of hydrogen-bond donors (Lipinski definition) is 1. The fourth-order valence-corrected chi connectivity index (χ4v) is 1.05. The zero-order chi connectivity index (χ0) is 13.2. The predicted octanol–water partition coefficient (Wildman–Crippen LogP) is -2.52. The normalized spacial score (nSPS) is 12.5. The van der Waals surface area contributed by atoms with Gasteiger partial charge in [-0.25, -0.2) is 4.39 Å². The number of carbonyl (C=O) groups is 1. The van der Waals surface area contributed by atoms with Gasteiger partial charge in [-0.1, -0.05) is 6.07 Å². The van der Waals surface area contributed by atoms with Gasteiger partial charge in [0.25, 0.3) is 0 Å². The van der Waals surface area contributed by atoms with Crippen LogP contribution in [0.4, 0.5) is 17.6 Å². The molecule has 4 nitrogen and oxygen atoms in total. The van der Waals surface area contributed by atoms with Crippen LogP contribution in [0.2, 0.25) is 0 Å². The average Bonchev–Trinajstić information content (AvgIpc) is 2.18. The maximum absolute atomic E-state index is 12.9. The molecule has 1 aromatic carbocycles. The number of aliphatic carboxylic acids is 1. The van der Waals surface area contributed by atoms with E-state index in [0.29, 0.717) is 12.1 Å². The van der Waals surface area contributed by atoms with Crippen LogP contribution >= 0.6 is 0 Å². The van der Waals surface area contributed by atoms with Gasteiger partial charge >= 0.3 is 25.2 Å². The number of alkyl halides is 3. The van der Waals surface area contributed by atoms with Gasteiger partial charge in [0, 0.05) is 0 Å². The van der Waals surface area contributed by atoms with E-state index in [-0.39, 0.29) is 24.4 Å². The van der Waals surface area contributed by atoms with Crippen LogP contribution in [0.25, 0.3) is 0 Å². The first-order valence-corrected chi connectivity index (χ1v) is 4.22. The van der Waals surface area contributed by atoms with Crippen LogP contribution in [-0.2, 0) is 4.79 Å². The molecule has 1 rings (SSSR count). The standard InChI is InChI=1S/C9H7F4NO3.Li/c10-5-2-1-4(7(14)8(15)16)3-6(5)17-9(11,12)13;/h1-3,7H,14H2,(H,15,16);/q;+1/p-1. The SMILES string of the molecule is NC(C(=O)[O-])c1ccc(F)c(OC(F)(F)F)c1.[Li+]. The number of halogens is 4. The first kappa shape index (κ1) is 16.8. The fraction of sp³-hybridized carbons (Fsp3) is 0.222. The third-order valence-corrected chi connectivity index (χ3v) is 1.79. The van der Waals surface area contributed by atoms with Crippen molar-refractivity contribution in [2.24, 2.45) is 5.73 Å². The second kappa shape index (κ2) is 6.09. The Kier molecular flexibility index (Phi) is 5.67. The number of hydrogen-bond acceptors (Lipinski definition) is 4. The fourth-order valence-electron chi connectivity index (χ4n) is 1.05. The van der Waals surface area contributed by atoms with Gasteiger partial charge in [0.2, 0.25) is 0 Å². The second-order valence-electron chi connectivity index (χ2n) is 3.03. The van der Waals surface area contributed by atoms with Gasteiger partial charge in [-0.3, -0.25) is 0 Å². The number of rotatable bonds is 3. The Hall–Kier alpha value is -1.23. The molecule has 0 fully saturated rings. The number of nitrogens with two attached hydrogens (primary N) is 1. The van der Waals surface area contributed by atoms with Crippen molar-refractivity contribution in [1.82, 2.24) is 0 Å². The molecule has 0 saturated carbocycles. The molecule has 0 amide bonds. The number of carbonyl (C=O) groups excluding carboxylic acids is 1. The van der Waals surface area contributed by atoms with Gasteiger partial charge < -0.3 is 20.4 Å². The monoisotopic (exact) mass is 259 g/mol. The molecule has 0 heterocycles. The molecule has 0 aromatic heterocycles. The molecule has 18 heavy (non-hydrogen) atoms. The van der Waals surface area contributed by atoms with Crippen molar-refractivity contribution in [1.29, 1.82) is 0 Å². The third-order valence-electron chi connectivity index (χ3n) is 1.79. The summed E-state index contributed by atoms with van der Waals surface area (Å²) >= 11 is 0. The molecule has 0 spiro atoms. The van der Waals surface area contributed by atoms with Crippen molar-refractivity contribution in [2.75, 3.05) is 0 Å². The minimum Gasteiger partial charge on any atom is -0.548 e. The van der Waals surface area contributed by atoms with Crippen LogP contribution in [0.5, 0.6) is 5.75 Å². The van der Waals surface area contributed by atoms with Crippen LogP contribution in [0.15, 0.2) is 18.2 Å². The van der Waals surface area contributed by atoms with Crippen molar-refractivity contribution in [2.45, 2.75) is 12.4 Å². The minimum absolute atomic E-state index is 0. The van der Waals surface area contributed by atoms with Gasteiger partial charge in [0.15, 0.2) is 11.6 Å². The second-order valence-corrected chi connectivity index (χ2v) is 3.03. The van der Waals surface area contributed by atoms with Gasteiger partial charge in [0.05, 0.1) is 12.0 Å². The van der Waals surface area contributed by atoms with Gasteiger partial charge in [0.1, 0.15) is 0 Å². The Balaban J connectivity index is 0.00000289. The van der Waals surface area contributed by atoms with E-state index in [4.69, 9.17) is 5.73 Å². The van der Waals surface area contributed by atoms with Crippen molar-refractivity contribution in [3.05, 3.63) is 29.6 Å². The Bertz CT molecular complexity index is 438. The number of carboxylic acids is 1. The molecule has 0 aliphatic rings. The van der Waals surface area contributed by atoms with Crippen molar-refractivity contribution >= 4 is 5.97 Å². The number of benzene rings is 1. The zero-order valence-corrected chi connectivity index (χ0v) is 9.12. The Morgan fingerprint density at radius 2 is 1.94 bits per heavy atom. The quantitative estimate of drug-likeness (QED) is 0.480. The largest absolute Gasteiger partial charge is 1.00 e. The molecule has 1 unspecified atom stereocenters. The van der Waals surface area contributed by atoms with Crippen molar-refractivity contribution in [3.63, 3.8) is 0 Å². The summed E-state index contributed by atoms with van der Waals surface area (Å²) < 4.78 is 51.9. The molecule has 1 atom stereocenters. The van der Waals surface area contributed by atoms with Crippen molar-refractivity contribution in [3.8, 4) is 5.75 Å². The Morgan fingerprint density at radius 1 is 1.39 bits per heavy atom. The van der Waals surface area contributed by atoms with E-state index in [1.165, 1.54) is 0 Å². The molecule has 9 heteroatoms. The first-order valence-electron chi connectivity index (χ1n) is 4.22. The number of ether oxygens (including phenoxy) is 1. The van der Waals surface area contributed by atoms with Gasteiger partial charge in [-0.05, 0) is 17.7 Å². The molecule has 0 aliphatic heterocycles. The van der Waals surface area contributed by atoms with Crippen LogP contribution in [0, 0.1) is 5.82 Å². The zero-order valence-electron chi connectivity index (χ0n) is 9.12. The molecule has 1 aromatic rings. The Morgan fingerprint density at radius 3 is 2.39 bits per heavy atom. The van der Waals surface area contributed by atoms with E-state index in [1.807, 2.05) is 0 Å². The van der Waals surface area contributed by atoms with Crippen LogP contribution < -0.4 is 34.4 Å². The van der Waals surface area contributed by atoms with E-state index >= 15 is 0 Å². The molecule has 0 saturated heterocycles. The predicted molar refractivity (Wildman–Crippen MR) is 45.0 cm³/mol. The van der Waals surface area contributed by atoms with E-state index in [0.717, 1.165) is 6.07 Å². The molecule has 0 aliphatic carbocycles. The number of carboxylic acid groups (broad SMARTS) is 1. The maximum atomic E-state index is 12.9. The van der Waals surface area contributed by atoms with E-state index in [2.05, 4.69) is 4.74 Å². The molecule has 0 radical (unpaired) electrons. The van der Waals surface area contributed by atoms with Gasteiger partial charge in [-0.2, -0.15) is 0 Å². The summed E-state index contributed by atoms with van der Waals surface area (Å²) in [5.41, 5.74) is 4.84. The smallest absolute Gasteiger partial charge is 0.548 e. The van der Waals surface area contributed by atoms with Crippen LogP contribution in [0.3, 0.4) is 0 Å². The summed E-state index contributed by atoms with van der Waals surface area (Å²) in [5, 5.41) is 10.4. The van der Waals surface area contributed by atoms with E-state index in [9.17, 15) is 27.5 Å². The molecule has 2 N–H and O–H groups in total. The summed E-state index contributed by atoms with van der Waals surface area (Å²) in [6, 6.07) is 0.452. The summed E-state index contributed by atoms with van der Waals surface area (Å²) in [6.07, 6.45) is -5.08. The molecular weight excluding hydrogens is 253 g/mol. The minimum atomic E-state index is -5.08. The third kappa shape index (κ3) is 4.56.